The van der Waals surface area contributed by atoms with Crippen LogP contribution >= 0.6 is 0 Å². The average molecular weight is 661 g/mol. The molecule has 0 radical (unpaired) electrons. The van der Waals surface area contributed by atoms with E-state index in [2.05, 4.69) is 84.0 Å². The van der Waals surface area contributed by atoms with Gasteiger partial charge in [-0.25, -0.2) is 0 Å². The maximum absolute atomic E-state index is 11.9. The standard InChI is InChI=1S/C38H68O5Si2/c1-8-30-41-38(40)25-21-16-15-20-24-34-35(37(31-36(34)39)43-45(12-5,13-6)14-7)29-28-33(42-44(9-2,10-3)11-4)27-26-32-22-18-17-19-23-32/h15,17-20,22-23,33-37,39H,8-14,16,21,24-31H2,1-7H3/t33-,34+,35+,36-,37+/m0/s1. The smallest absolute Gasteiger partial charge is 0.305 e. The molecule has 1 N–H and O–H groups in total. The zero-order valence-corrected chi connectivity index (χ0v) is 32.0. The van der Waals surface area contributed by atoms with Crippen molar-refractivity contribution in [2.75, 3.05) is 6.61 Å². The molecule has 1 aromatic carbocycles. The summed E-state index contributed by atoms with van der Waals surface area (Å²) in [6, 6.07) is 17.7. The zero-order valence-electron chi connectivity index (χ0n) is 30.0. The molecule has 45 heavy (non-hydrogen) atoms. The van der Waals surface area contributed by atoms with Crippen molar-refractivity contribution in [3.8, 4) is 0 Å². The molecule has 0 aliphatic heterocycles. The Kier molecular flexibility index (Phi) is 19.1. The first-order valence-electron chi connectivity index (χ1n) is 18.6. The van der Waals surface area contributed by atoms with E-state index in [9.17, 15) is 9.90 Å². The van der Waals surface area contributed by atoms with Crippen molar-refractivity contribution in [1.82, 2.24) is 0 Å². The number of aliphatic hydroxyl groups is 1. The second-order valence-corrected chi connectivity index (χ2v) is 22.9. The number of unbranched alkanes of at least 4 members (excludes halogenated alkanes) is 1. The molecule has 5 nitrogen and oxygen atoms in total. The van der Waals surface area contributed by atoms with Gasteiger partial charge in [0, 0.05) is 12.5 Å². The van der Waals surface area contributed by atoms with Gasteiger partial charge in [0.2, 0.25) is 0 Å². The molecule has 258 valence electrons. The number of ether oxygens (including phenoxy) is 1. The SMILES string of the molecule is CCCOC(=O)CCCC=CC[C@@H]1[C@@H](CC[C@H](CCc2ccccc2)O[Si](CC)(CC)CC)[C@H](O[Si](CC)(CC)CC)C[C@@H]1O. The van der Waals surface area contributed by atoms with Crippen LogP contribution in [0.5, 0.6) is 0 Å². The van der Waals surface area contributed by atoms with Crippen LogP contribution in [0.25, 0.3) is 0 Å². The van der Waals surface area contributed by atoms with Crippen LogP contribution in [-0.4, -0.2) is 52.6 Å². The summed E-state index contributed by atoms with van der Waals surface area (Å²) in [5, 5.41) is 11.4. The van der Waals surface area contributed by atoms with E-state index in [1.54, 1.807) is 0 Å². The van der Waals surface area contributed by atoms with E-state index in [4.69, 9.17) is 13.6 Å². The number of allylic oxidation sites excluding steroid dienone is 2. The molecule has 5 atom stereocenters. The predicted octanol–water partition coefficient (Wildman–Crippen LogP) is 10.2. The molecule has 1 saturated carbocycles. The van der Waals surface area contributed by atoms with Crippen molar-refractivity contribution in [3.05, 3.63) is 48.0 Å². The first-order chi connectivity index (χ1) is 21.7. The highest BCUT2D eigenvalue weighted by Gasteiger charge is 2.46. The number of hydrogen-bond acceptors (Lipinski definition) is 5. The molecule has 0 aromatic heterocycles. The van der Waals surface area contributed by atoms with E-state index in [0.717, 1.165) is 94.1 Å². The Labute approximate surface area is 279 Å². The van der Waals surface area contributed by atoms with E-state index in [1.807, 2.05) is 6.92 Å². The minimum Gasteiger partial charge on any atom is -0.466 e. The van der Waals surface area contributed by atoms with Crippen molar-refractivity contribution in [2.45, 2.75) is 167 Å². The number of esters is 1. The topological polar surface area (TPSA) is 65.0 Å². The minimum atomic E-state index is -1.82. The second-order valence-electron chi connectivity index (χ2n) is 13.4. The number of rotatable bonds is 24. The molecule has 7 heteroatoms. The van der Waals surface area contributed by atoms with Crippen molar-refractivity contribution in [3.63, 3.8) is 0 Å². The van der Waals surface area contributed by atoms with Gasteiger partial charge < -0.3 is 18.7 Å². The molecule has 0 amide bonds. The van der Waals surface area contributed by atoms with E-state index >= 15 is 0 Å². The van der Waals surface area contributed by atoms with Gasteiger partial charge in [0.1, 0.15) is 0 Å². The monoisotopic (exact) mass is 660 g/mol. The lowest BCUT2D eigenvalue weighted by atomic mass is 9.85. The Balaban J connectivity index is 2.19. The molecular formula is C38H68O5Si2. The second kappa shape index (κ2) is 21.6. The maximum Gasteiger partial charge on any atom is 0.305 e. The molecule has 1 aromatic rings. The van der Waals surface area contributed by atoms with Crippen LogP contribution in [0.4, 0.5) is 0 Å². The van der Waals surface area contributed by atoms with Crippen molar-refractivity contribution in [1.29, 1.82) is 0 Å². The average Bonchev–Trinajstić information content (AvgIpc) is 3.37. The molecule has 0 spiro atoms. The number of benzene rings is 1. The molecule has 1 fully saturated rings. The van der Waals surface area contributed by atoms with Crippen LogP contribution in [-0.2, 0) is 24.8 Å². The molecular weight excluding hydrogens is 593 g/mol. The fourth-order valence-corrected chi connectivity index (χ4v) is 13.2. The van der Waals surface area contributed by atoms with Crippen molar-refractivity contribution in [2.24, 2.45) is 11.8 Å². The fourth-order valence-electron chi connectivity index (χ4n) is 7.33. The van der Waals surface area contributed by atoms with Crippen LogP contribution in [0, 0.1) is 11.8 Å². The Morgan fingerprint density at radius 2 is 1.53 bits per heavy atom. The van der Waals surface area contributed by atoms with E-state index in [0.29, 0.717) is 18.9 Å². The zero-order chi connectivity index (χ0) is 33.1. The lowest BCUT2D eigenvalue weighted by Crippen LogP contribution is -2.42. The van der Waals surface area contributed by atoms with Crippen molar-refractivity contribution >= 4 is 22.6 Å². The summed E-state index contributed by atoms with van der Waals surface area (Å²) in [4.78, 5) is 11.9. The van der Waals surface area contributed by atoms with Gasteiger partial charge in [-0.3, -0.25) is 4.79 Å². The molecule has 0 saturated heterocycles. The summed E-state index contributed by atoms with van der Waals surface area (Å²) in [6.45, 7) is 16.4. The summed E-state index contributed by atoms with van der Waals surface area (Å²) in [7, 11) is -3.59. The third-order valence-electron chi connectivity index (χ3n) is 10.9. The number of aryl methyl sites for hydroxylation is 1. The number of hydrogen-bond donors (Lipinski definition) is 1. The van der Waals surface area contributed by atoms with Crippen LogP contribution < -0.4 is 0 Å². The molecule has 1 aliphatic carbocycles. The summed E-state index contributed by atoms with van der Waals surface area (Å²) in [5.41, 5.74) is 1.38. The van der Waals surface area contributed by atoms with Gasteiger partial charge in [0.25, 0.3) is 0 Å². The first-order valence-corrected chi connectivity index (χ1v) is 23.7. The van der Waals surface area contributed by atoms with Gasteiger partial charge in [0.05, 0.1) is 18.8 Å². The minimum absolute atomic E-state index is 0.0997. The summed E-state index contributed by atoms with van der Waals surface area (Å²) in [5.74, 6) is 0.421. The van der Waals surface area contributed by atoms with Crippen LogP contribution in [0.15, 0.2) is 42.5 Å². The molecule has 0 heterocycles. The van der Waals surface area contributed by atoms with Crippen molar-refractivity contribution < 1.29 is 23.5 Å². The predicted molar refractivity (Wildman–Crippen MR) is 195 cm³/mol. The van der Waals surface area contributed by atoms with Gasteiger partial charge >= 0.3 is 5.97 Å². The summed E-state index contributed by atoms with van der Waals surface area (Å²) < 4.78 is 19.6. The molecule has 1 aliphatic rings. The van der Waals surface area contributed by atoms with Gasteiger partial charge in [-0.05, 0) is 111 Å². The molecule has 0 bridgehead atoms. The maximum atomic E-state index is 11.9. The summed E-state index contributed by atoms with van der Waals surface area (Å²) >= 11 is 0. The quantitative estimate of drug-likeness (QED) is 0.0517. The normalized spacial score (nSPS) is 21.4. The third-order valence-corrected chi connectivity index (χ3v) is 20.3. The van der Waals surface area contributed by atoms with Crippen LogP contribution in [0.3, 0.4) is 0 Å². The van der Waals surface area contributed by atoms with E-state index < -0.39 is 16.6 Å². The molecule has 2 rings (SSSR count). The van der Waals surface area contributed by atoms with Crippen LogP contribution in [0.1, 0.15) is 112 Å². The number of aliphatic hydroxyl groups excluding tert-OH is 1. The highest BCUT2D eigenvalue weighted by atomic mass is 28.4. The Morgan fingerprint density at radius 1 is 0.889 bits per heavy atom. The Morgan fingerprint density at radius 3 is 2.13 bits per heavy atom. The van der Waals surface area contributed by atoms with E-state index in [1.165, 1.54) is 5.56 Å². The third kappa shape index (κ3) is 13.0. The van der Waals surface area contributed by atoms with Crippen LogP contribution in [0.2, 0.25) is 36.3 Å². The highest BCUT2D eigenvalue weighted by molar-refractivity contribution is 6.74. The van der Waals surface area contributed by atoms with Gasteiger partial charge in [-0.1, -0.05) is 91.0 Å². The Bertz CT molecular complexity index is 930. The Hall–Kier alpha value is -1.26. The fraction of sp³-hybridized carbons (Fsp3) is 0.763. The lowest BCUT2D eigenvalue weighted by Gasteiger charge is -2.37. The van der Waals surface area contributed by atoms with Gasteiger partial charge in [-0.15, -0.1) is 0 Å². The largest absolute Gasteiger partial charge is 0.466 e. The first kappa shape index (κ1) is 39.9. The van der Waals surface area contributed by atoms with E-state index in [-0.39, 0.29) is 30.2 Å². The number of carbonyl (C=O) groups is 1. The lowest BCUT2D eigenvalue weighted by molar-refractivity contribution is -0.143. The van der Waals surface area contributed by atoms with Gasteiger partial charge in [-0.2, -0.15) is 0 Å². The number of carbonyl (C=O) groups excluding carboxylic acids is 1. The van der Waals surface area contributed by atoms with Gasteiger partial charge in [0.15, 0.2) is 16.6 Å². The summed E-state index contributed by atoms with van der Waals surface area (Å²) in [6.07, 6.45) is 13.2. The molecule has 0 unspecified atom stereocenters. The highest BCUT2D eigenvalue weighted by Crippen LogP contribution is 2.43.